The molecule has 0 radical (unpaired) electrons. The highest BCUT2D eigenvalue weighted by atomic mass is 16.7. The number of rotatable bonds is 4. The molecule has 0 spiro atoms. The molecule has 2 unspecified atom stereocenters. The fraction of sp³-hybridized carbons (Fsp3) is 0.429. The molecule has 0 saturated carbocycles. The maximum absolute atomic E-state index is 11.4. The Balaban J connectivity index is 1.67. The lowest BCUT2D eigenvalue weighted by Crippen LogP contribution is -2.19. The summed E-state index contributed by atoms with van der Waals surface area (Å²) in [6, 6.07) is 9.33. The largest absolute Gasteiger partial charge is 0.508 e. The molecule has 2 rings (SSSR count). The van der Waals surface area contributed by atoms with Gasteiger partial charge in [-0.15, -0.1) is 0 Å². The zero-order valence-corrected chi connectivity index (χ0v) is 10.7. The predicted molar refractivity (Wildman–Crippen MR) is 66.2 cm³/mol. The number of carbonyl (C=O) groups excluding carboxylic acids is 2. The minimum Gasteiger partial charge on any atom is -0.458 e. The highest BCUT2D eigenvalue weighted by Gasteiger charge is 2.31. The van der Waals surface area contributed by atoms with Crippen molar-refractivity contribution in [1.82, 2.24) is 0 Å². The van der Waals surface area contributed by atoms with Crippen molar-refractivity contribution in [2.45, 2.75) is 26.1 Å². The van der Waals surface area contributed by atoms with Crippen molar-refractivity contribution >= 4 is 12.1 Å². The van der Waals surface area contributed by atoms with Gasteiger partial charge in [0, 0.05) is 6.42 Å². The second kappa shape index (κ2) is 6.22. The third-order valence-electron chi connectivity index (χ3n) is 2.89. The van der Waals surface area contributed by atoms with Crippen molar-refractivity contribution < 1.29 is 23.8 Å². The van der Waals surface area contributed by atoms with Crippen LogP contribution in [0.3, 0.4) is 0 Å². The van der Waals surface area contributed by atoms with Gasteiger partial charge in [0.25, 0.3) is 0 Å². The van der Waals surface area contributed by atoms with Crippen LogP contribution in [0.4, 0.5) is 4.79 Å². The van der Waals surface area contributed by atoms with Crippen molar-refractivity contribution in [2.24, 2.45) is 5.92 Å². The first-order valence-corrected chi connectivity index (χ1v) is 6.19. The lowest BCUT2D eigenvalue weighted by atomic mass is 10.1. The molecule has 1 aromatic carbocycles. The van der Waals surface area contributed by atoms with Gasteiger partial charge in [0.2, 0.25) is 0 Å². The van der Waals surface area contributed by atoms with Gasteiger partial charge >= 0.3 is 12.1 Å². The second-order valence-corrected chi connectivity index (χ2v) is 4.53. The van der Waals surface area contributed by atoms with Crippen LogP contribution >= 0.6 is 0 Å². The number of benzene rings is 1. The summed E-state index contributed by atoms with van der Waals surface area (Å²) in [5.41, 5.74) is 0.889. The Labute approximate surface area is 111 Å². The van der Waals surface area contributed by atoms with Crippen molar-refractivity contribution in [2.75, 3.05) is 6.61 Å². The molecule has 2 atom stereocenters. The Morgan fingerprint density at radius 3 is 2.68 bits per heavy atom. The van der Waals surface area contributed by atoms with E-state index in [0.29, 0.717) is 6.42 Å². The summed E-state index contributed by atoms with van der Waals surface area (Å²) in [5.74, 6) is -0.375. The fourth-order valence-electron chi connectivity index (χ4n) is 1.84. The molecule has 0 N–H and O–H groups in total. The molecular weight excluding hydrogens is 248 g/mol. The molecule has 102 valence electrons. The van der Waals surface area contributed by atoms with Crippen LogP contribution in [0.2, 0.25) is 0 Å². The van der Waals surface area contributed by atoms with Gasteiger partial charge in [-0.3, -0.25) is 4.79 Å². The van der Waals surface area contributed by atoms with E-state index in [9.17, 15) is 9.59 Å². The Kier molecular flexibility index (Phi) is 4.39. The van der Waals surface area contributed by atoms with E-state index in [1.165, 1.54) is 0 Å². The van der Waals surface area contributed by atoms with E-state index in [1.807, 2.05) is 30.3 Å². The summed E-state index contributed by atoms with van der Waals surface area (Å²) in [6.07, 6.45) is -0.531. The molecule has 1 heterocycles. The Bertz CT molecular complexity index is 442. The van der Waals surface area contributed by atoms with Crippen LogP contribution in [0.5, 0.6) is 0 Å². The topological polar surface area (TPSA) is 61.8 Å². The Hall–Kier alpha value is -2.04. The van der Waals surface area contributed by atoms with E-state index < -0.39 is 6.16 Å². The standard InChI is InChI=1S/C14H16O5/c1-10-7-12(19-13(10)15)9-18-14(16)17-8-11-5-3-2-4-6-11/h2-6,10,12H,7-9H2,1H3. The fourth-order valence-corrected chi connectivity index (χ4v) is 1.84. The molecule has 1 fully saturated rings. The van der Waals surface area contributed by atoms with Gasteiger partial charge in [-0.05, 0) is 5.56 Å². The van der Waals surface area contributed by atoms with E-state index >= 15 is 0 Å². The monoisotopic (exact) mass is 264 g/mol. The average molecular weight is 264 g/mol. The highest BCUT2D eigenvalue weighted by molar-refractivity contribution is 5.74. The predicted octanol–water partition coefficient (Wildman–Crippen LogP) is 2.29. The molecule has 5 heteroatoms. The number of hydrogen-bond acceptors (Lipinski definition) is 5. The van der Waals surface area contributed by atoms with E-state index in [0.717, 1.165) is 5.56 Å². The van der Waals surface area contributed by atoms with Crippen molar-refractivity contribution in [3.63, 3.8) is 0 Å². The van der Waals surface area contributed by atoms with Gasteiger partial charge in [0.05, 0.1) is 5.92 Å². The summed E-state index contributed by atoms with van der Waals surface area (Å²) >= 11 is 0. The van der Waals surface area contributed by atoms with Gasteiger partial charge in [-0.25, -0.2) is 4.79 Å². The zero-order chi connectivity index (χ0) is 13.7. The molecule has 0 bridgehead atoms. The van der Waals surface area contributed by atoms with Gasteiger partial charge in [-0.1, -0.05) is 37.3 Å². The van der Waals surface area contributed by atoms with Crippen molar-refractivity contribution in [3.8, 4) is 0 Å². The number of hydrogen-bond donors (Lipinski definition) is 0. The maximum atomic E-state index is 11.4. The third kappa shape index (κ3) is 3.98. The second-order valence-electron chi connectivity index (χ2n) is 4.53. The van der Waals surface area contributed by atoms with Crippen LogP contribution in [0.25, 0.3) is 0 Å². The smallest absolute Gasteiger partial charge is 0.458 e. The minimum absolute atomic E-state index is 0.0453. The van der Waals surface area contributed by atoms with E-state index in [1.54, 1.807) is 6.92 Å². The summed E-state index contributed by atoms with van der Waals surface area (Å²) < 4.78 is 14.9. The van der Waals surface area contributed by atoms with Crippen LogP contribution in [-0.4, -0.2) is 24.8 Å². The van der Waals surface area contributed by atoms with Gasteiger partial charge < -0.3 is 14.2 Å². The van der Waals surface area contributed by atoms with Crippen LogP contribution < -0.4 is 0 Å². The Morgan fingerprint density at radius 1 is 1.32 bits per heavy atom. The summed E-state index contributed by atoms with van der Waals surface area (Å²) in [7, 11) is 0. The molecule has 0 aliphatic carbocycles. The average Bonchev–Trinajstić information content (AvgIpc) is 2.74. The third-order valence-corrected chi connectivity index (χ3v) is 2.89. The number of cyclic esters (lactones) is 1. The minimum atomic E-state index is -0.751. The SMILES string of the molecule is CC1CC(COC(=O)OCc2ccccc2)OC1=O. The molecule has 1 aliphatic heterocycles. The van der Waals surface area contributed by atoms with Crippen LogP contribution in [-0.2, 0) is 25.6 Å². The van der Waals surface area contributed by atoms with Crippen molar-refractivity contribution in [1.29, 1.82) is 0 Å². The summed E-state index contributed by atoms with van der Waals surface area (Å²) in [4.78, 5) is 22.5. The van der Waals surface area contributed by atoms with Crippen molar-refractivity contribution in [3.05, 3.63) is 35.9 Å². The molecule has 0 aromatic heterocycles. The lowest BCUT2D eigenvalue weighted by Gasteiger charge is -2.10. The van der Waals surface area contributed by atoms with Crippen LogP contribution in [0.15, 0.2) is 30.3 Å². The molecular formula is C14H16O5. The first-order valence-electron chi connectivity index (χ1n) is 6.19. The molecule has 19 heavy (non-hydrogen) atoms. The van der Waals surface area contributed by atoms with Gasteiger partial charge in [-0.2, -0.15) is 0 Å². The quantitative estimate of drug-likeness (QED) is 0.781. The molecule has 1 aromatic rings. The van der Waals surface area contributed by atoms with Crippen LogP contribution in [0, 0.1) is 5.92 Å². The summed E-state index contributed by atoms with van der Waals surface area (Å²) in [6.45, 7) is 2.00. The lowest BCUT2D eigenvalue weighted by molar-refractivity contribution is -0.145. The first-order chi connectivity index (χ1) is 9.15. The molecule has 0 amide bonds. The first kappa shape index (κ1) is 13.4. The van der Waals surface area contributed by atoms with E-state index in [-0.39, 0.29) is 31.2 Å². The molecule has 1 aliphatic rings. The zero-order valence-electron chi connectivity index (χ0n) is 10.7. The summed E-state index contributed by atoms with van der Waals surface area (Å²) in [5, 5.41) is 0. The molecule has 5 nitrogen and oxygen atoms in total. The normalized spacial score (nSPS) is 21.8. The number of ether oxygens (including phenoxy) is 3. The molecule has 1 saturated heterocycles. The Morgan fingerprint density at radius 2 is 2.05 bits per heavy atom. The highest BCUT2D eigenvalue weighted by Crippen LogP contribution is 2.20. The van der Waals surface area contributed by atoms with E-state index in [2.05, 4.69) is 0 Å². The number of carbonyl (C=O) groups is 2. The maximum Gasteiger partial charge on any atom is 0.508 e. The van der Waals surface area contributed by atoms with E-state index in [4.69, 9.17) is 14.2 Å². The van der Waals surface area contributed by atoms with Gasteiger partial charge in [0.1, 0.15) is 19.3 Å². The van der Waals surface area contributed by atoms with Gasteiger partial charge in [0.15, 0.2) is 0 Å². The number of esters is 1. The van der Waals surface area contributed by atoms with Crippen LogP contribution in [0.1, 0.15) is 18.9 Å².